The van der Waals surface area contributed by atoms with E-state index in [9.17, 15) is 4.39 Å². The third kappa shape index (κ3) is 8.67. The average molecular weight is 441 g/mol. The van der Waals surface area contributed by atoms with Gasteiger partial charge in [0.1, 0.15) is 18.2 Å². The van der Waals surface area contributed by atoms with Crippen molar-refractivity contribution in [2.24, 2.45) is 4.99 Å². The minimum absolute atomic E-state index is 0. The average Bonchev–Trinajstić information content (AvgIpc) is 2.49. The second-order valence-corrected chi connectivity index (χ2v) is 5.53. The lowest BCUT2D eigenvalue weighted by Crippen LogP contribution is -2.41. The van der Waals surface area contributed by atoms with Crippen LogP contribution in [0.1, 0.15) is 6.42 Å². The zero-order valence-electron chi connectivity index (χ0n) is 13.3. The van der Waals surface area contributed by atoms with E-state index >= 15 is 0 Å². The lowest BCUT2D eigenvalue weighted by atomic mass is 10.3. The van der Waals surface area contributed by atoms with Crippen molar-refractivity contribution in [2.45, 2.75) is 6.42 Å². The van der Waals surface area contributed by atoms with Gasteiger partial charge in [0.25, 0.3) is 0 Å². The number of hydrogen-bond acceptors (Lipinski definition) is 3. The third-order valence-electron chi connectivity index (χ3n) is 2.89. The summed E-state index contributed by atoms with van der Waals surface area (Å²) in [6.45, 7) is 2.14. The smallest absolute Gasteiger partial charge is 0.193 e. The van der Waals surface area contributed by atoms with Gasteiger partial charge in [-0.15, -0.1) is 24.0 Å². The van der Waals surface area contributed by atoms with Gasteiger partial charge in [-0.05, 0) is 42.7 Å². The molecule has 22 heavy (non-hydrogen) atoms. The number of rotatable bonds is 8. The number of nitrogens with zero attached hydrogens (tertiary/aromatic N) is 2. The van der Waals surface area contributed by atoms with Gasteiger partial charge in [0, 0.05) is 20.6 Å². The van der Waals surface area contributed by atoms with E-state index in [0.717, 1.165) is 24.7 Å². The van der Waals surface area contributed by atoms with E-state index in [1.165, 1.54) is 12.1 Å². The van der Waals surface area contributed by atoms with Crippen molar-refractivity contribution in [3.05, 3.63) is 30.1 Å². The number of aliphatic imine (C=N–C) groups is 1. The number of halogens is 2. The first-order chi connectivity index (χ1) is 10.2. The number of likely N-dealkylation sites (N-methyl/N-ethyl adjacent to an activating group) is 1. The predicted molar refractivity (Wildman–Crippen MR) is 104 cm³/mol. The molecule has 4 nitrogen and oxygen atoms in total. The largest absolute Gasteiger partial charge is 0.492 e. The van der Waals surface area contributed by atoms with Crippen molar-refractivity contribution < 1.29 is 9.13 Å². The SMILES string of the molecule is CN=C(NCCCSC)N(C)CCOc1ccc(F)cc1.I. The van der Waals surface area contributed by atoms with Gasteiger partial charge in [0.2, 0.25) is 0 Å². The number of nitrogens with one attached hydrogen (secondary N) is 1. The summed E-state index contributed by atoms with van der Waals surface area (Å²) in [4.78, 5) is 6.26. The Bertz CT molecular complexity index is 431. The second kappa shape index (κ2) is 12.8. The molecule has 0 fully saturated rings. The van der Waals surface area contributed by atoms with Crippen molar-refractivity contribution in [3.8, 4) is 5.75 Å². The van der Waals surface area contributed by atoms with E-state index in [-0.39, 0.29) is 29.8 Å². The Labute approximate surface area is 153 Å². The summed E-state index contributed by atoms with van der Waals surface area (Å²) < 4.78 is 18.3. The van der Waals surface area contributed by atoms with Gasteiger partial charge >= 0.3 is 0 Å². The summed E-state index contributed by atoms with van der Waals surface area (Å²) in [5.74, 6) is 2.42. The Balaban J connectivity index is 0.00000441. The van der Waals surface area contributed by atoms with Crippen LogP contribution in [0.4, 0.5) is 4.39 Å². The molecule has 0 amide bonds. The summed E-state index contributed by atoms with van der Waals surface area (Å²) in [6, 6.07) is 6.05. The van der Waals surface area contributed by atoms with Crippen LogP contribution in [-0.4, -0.2) is 56.7 Å². The summed E-state index contributed by atoms with van der Waals surface area (Å²) >= 11 is 1.84. The Morgan fingerprint density at radius 3 is 2.64 bits per heavy atom. The first-order valence-corrected chi connectivity index (χ1v) is 8.36. The van der Waals surface area contributed by atoms with Gasteiger partial charge in [0.05, 0.1) is 6.54 Å². The molecule has 0 saturated carbocycles. The third-order valence-corrected chi connectivity index (χ3v) is 3.59. The highest BCUT2D eigenvalue weighted by Crippen LogP contribution is 2.10. The van der Waals surface area contributed by atoms with E-state index in [4.69, 9.17) is 4.74 Å². The summed E-state index contributed by atoms with van der Waals surface area (Å²) in [5, 5.41) is 3.32. The Kier molecular flexibility index (Phi) is 12.4. The molecule has 0 aliphatic carbocycles. The van der Waals surface area contributed by atoms with Gasteiger partial charge in [-0.3, -0.25) is 4.99 Å². The molecular formula is C15H25FIN3OS. The fourth-order valence-corrected chi connectivity index (χ4v) is 2.17. The van der Waals surface area contributed by atoms with Crippen molar-refractivity contribution in [2.75, 3.05) is 45.8 Å². The topological polar surface area (TPSA) is 36.9 Å². The molecule has 0 saturated heterocycles. The van der Waals surface area contributed by atoms with Crippen LogP contribution < -0.4 is 10.1 Å². The fourth-order valence-electron chi connectivity index (χ4n) is 1.74. The number of thioether (sulfide) groups is 1. The highest BCUT2D eigenvalue weighted by Gasteiger charge is 2.05. The van der Waals surface area contributed by atoms with E-state index in [2.05, 4.69) is 16.6 Å². The molecular weight excluding hydrogens is 416 g/mol. The lowest BCUT2D eigenvalue weighted by molar-refractivity contribution is 0.281. The highest BCUT2D eigenvalue weighted by molar-refractivity contribution is 14.0. The molecule has 0 aliphatic rings. The molecule has 0 atom stereocenters. The summed E-state index contributed by atoms with van der Waals surface area (Å²) in [5.41, 5.74) is 0. The molecule has 0 radical (unpaired) electrons. The summed E-state index contributed by atoms with van der Waals surface area (Å²) in [7, 11) is 3.74. The molecule has 0 bridgehead atoms. The molecule has 1 N–H and O–H groups in total. The normalized spacial score (nSPS) is 10.8. The van der Waals surface area contributed by atoms with Crippen LogP contribution in [0.25, 0.3) is 0 Å². The van der Waals surface area contributed by atoms with Crippen LogP contribution >= 0.6 is 35.7 Å². The zero-order chi connectivity index (χ0) is 15.5. The highest BCUT2D eigenvalue weighted by atomic mass is 127. The number of guanidine groups is 1. The van der Waals surface area contributed by atoms with Crippen LogP contribution in [-0.2, 0) is 0 Å². The van der Waals surface area contributed by atoms with Crippen LogP contribution in [0.2, 0.25) is 0 Å². The maximum absolute atomic E-state index is 12.8. The zero-order valence-corrected chi connectivity index (χ0v) is 16.5. The van der Waals surface area contributed by atoms with Gasteiger partial charge in [-0.2, -0.15) is 11.8 Å². The van der Waals surface area contributed by atoms with Crippen LogP contribution in [0.5, 0.6) is 5.75 Å². The van der Waals surface area contributed by atoms with Gasteiger partial charge in [0.15, 0.2) is 5.96 Å². The lowest BCUT2D eigenvalue weighted by Gasteiger charge is -2.22. The monoisotopic (exact) mass is 441 g/mol. The van der Waals surface area contributed by atoms with E-state index in [1.54, 1.807) is 19.2 Å². The van der Waals surface area contributed by atoms with Crippen molar-refractivity contribution in [3.63, 3.8) is 0 Å². The van der Waals surface area contributed by atoms with E-state index < -0.39 is 0 Å². The minimum Gasteiger partial charge on any atom is -0.492 e. The first kappa shape index (κ1) is 21.3. The molecule has 0 aliphatic heterocycles. The standard InChI is InChI=1S/C15H24FN3OS.HI/c1-17-15(18-9-4-12-21-3)19(2)10-11-20-14-7-5-13(16)6-8-14;/h5-8H,4,9-12H2,1-3H3,(H,17,18);1H. The van der Waals surface area contributed by atoms with Crippen molar-refractivity contribution >= 4 is 41.7 Å². The summed E-state index contributed by atoms with van der Waals surface area (Å²) in [6.07, 6.45) is 3.22. The molecule has 0 spiro atoms. The van der Waals surface area contributed by atoms with Crippen molar-refractivity contribution in [1.29, 1.82) is 0 Å². The van der Waals surface area contributed by atoms with Gasteiger partial charge < -0.3 is 15.0 Å². The Hall–Kier alpha value is -0.700. The van der Waals surface area contributed by atoms with Crippen LogP contribution in [0.15, 0.2) is 29.3 Å². The number of ether oxygens (including phenoxy) is 1. The molecule has 1 aromatic carbocycles. The Morgan fingerprint density at radius 1 is 1.36 bits per heavy atom. The number of benzene rings is 1. The first-order valence-electron chi connectivity index (χ1n) is 6.96. The molecule has 1 aromatic rings. The molecule has 0 aromatic heterocycles. The fraction of sp³-hybridized carbons (Fsp3) is 0.533. The van der Waals surface area contributed by atoms with Crippen LogP contribution in [0, 0.1) is 5.82 Å². The second-order valence-electron chi connectivity index (χ2n) is 4.54. The van der Waals surface area contributed by atoms with Gasteiger partial charge in [-0.25, -0.2) is 4.39 Å². The number of hydrogen-bond donors (Lipinski definition) is 1. The Morgan fingerprint density at radius 2 is 2.05 bits per heavy atom. The van der Waals surface area contributed by atoms with Gasteiger partial charge in [-0.1, -0.05) is 0 Å². The van der Waals surface area contributed by atoms with Crippen LogP contribution in [0.3, 0.4) is 0 Å². The predicted octanol–water partition coefficient (Wildman–Crippen LogP) is 3.08. The quantitative estimate of drug-likeness (QED) is 0.291. The maximum Gasteiger partial charge on any atom is 0.193 e. The molecule has 0 unspecified atom stereocenters. The molecule has 7 heteroatoms. The molecule has 126 valence electrons. The minimum atomic E-state index is -0.255. The van der Waals surface area contributed by atoms with Crippen molar-refractivity contribution in [1.82, 2.24) is 10.2 Å². The van der Waals surface area contributed by atoms with E-state index in [1.807, 2.05) is 23.7 Å². The molecule has 1 rings (SSSR count). The van der Waals surface area contributed by atoms with E-state index in [0.29, 0.717) is 18.9 Å². The maximum atomic E-state index is 12.8. The molecule has 0 heterocycles.